The molecule has 3 amide bonds. The number of rotatable bonds is 4. The molecule has 2 aromatic heterocycles. The number of amides is 3. The number of aromatic amines is 1. The van der Waals surface area contributed by atoms with Gasteiger partial charge in [0.15, 0.2) is 0 Å². The minimum atomic E-state index is -0.126. The molecule has 0 saturated carbocycles. The Kier molecular flexibility index (Phi) is 6.64. The van der Waals surface area contributed by atoms with Crippen molar-refractivity contribution in [1.29, 1.82) is 0 Å². The number of hydrogen-bond acceptors (Lipinski definition) is 5. The van der Waals surface area contributed by atoms with E-state index in [1.807, 2.05) is 77.4 Å². The van der Waals surface area contributed by atoms with Crippen LogP contribution in [0, 0.1) is 6.92 Å². The van der Waals surface area contributed by atoms with Crippen LogP contribution in [-0.2, 0) is 17.8 Å². The number of H-pyrrole nitrogens is 1. The monoisotopic (exact) mass is 558 g/mol. The van der Waals surface area contributed by atoms with Crippen LogP contribution in [0.3, 0.4) is 0 Å². The Morgan fingerprint density at radius 2 is 1.62 bits per heavy atom. The number of urea groups is 1. The number of carbonyl (C=O) groups excluding carboxylic acids is 2. The third-order valence-electron chi connectivity index (χ3n) is 8.13. The van der Waals surface area contributed by atoms with Crippen LogP contribution in [0.4, 0.5) is 10.5 Å². The second kappa shape index (κ2) is 10.8. The molecule has 4 heterocycles. The van der Waals surface area contributed by atoms with Gasteiger partial charge in [0.25, 0.3) is 5.91 Å². The van der Waals surface area contributed by atoms with Crippen LogP contribution in [0.25, 0.3) is 33.5 Å². The summed E-state index contributed by atoms with van der Waals surface area (Å²) in [4.78, 5) is 42.2. The second-order valence-electron chi connectivity index (χ2n) is 10.7. The molecule has 5 aromatic rings. The first kappa shape index (κ1) is 25.9. The van der Waals surface area contributed by atoms with Crippen molar-refractivity contribution in [2.45, 2.75) is 20.0 Å². The zero-order chi connectivity index (χ0) is 28.6. The highest BCUT2D eigenvalue weighted by Gasteiger charge is 2.24. The molecule has 3 aromatic carbocycles. The zero-order valence-corrected chi connectivity index (χ0v) is 23.3. The predicted molar refractivity (Wildman–Crippen MR) is 161 cm³/mol. The summed E-state index contributed by atoms with van der Waals surface area (Å²) in [5, 5.41) is 3.99. The van der Waals surface area contributed by atoms with E-state index in [1.54, 1.807) is 6.33 Å². The average Bonchev–Trinajstić information content (AvgIpc) is 3.67. The Morgan fingerprint density at radius 3 is 2.36 bits per heavy atom. The molecule has 0 aliphatic carbocycles. The molecular formula is C33H30N6O3. The fourth-order valence-electron chi connectivity index (χ4n) is 5.75. The fraction of sp³-hybridized carbons (Fsp3) is 0.212. The van der Waals surface area contributed by atoms with Crippen molar-refractivity contribution >= 4 is 28.7 Å². The summed E-state index contributed by atoms with van der Waals surface area (Å²) in [6, 6.07) is 23.5. The molecule has 0 atom stereocenters. The maximum Gasteiger partial charge on any atom is 0.322 e. The number of nitrogens with zero attached hydrogens (tertiary/aromatic N) is 4. The van der Waals surface area contributed by atoms with E-state index >= 15 is 0 Å². The van der Waals surface area contributed by atoms with Crippen LogP contribution in [0.1, 0.15) is 27.0 Å². The van der Waals surface area contributed by atoms with Crippen molar-refractivity contribution in [2.24, 2.45) is 0 Å². The third-order valence-corrected chi connectivity index (χ3v) is 8.13. The molecule has 9 heteroatoms. The van der Waals surface area contributed by atoms with E-state index in [1.165, 1.54) is 11.1 Å². The summed E-state index contributed by atoms with van der Waals surface area (Å²) >= 11 is 0. The number of anilines is 1. The average molecular weight is 559 g/mol. The Bertz CT molecular complexity index is 1780. The lowest BCUT2D eigenvalue weighted by Crippen LogP contribution is -2.40. The lowest BCUT2D eigenvalue weighted by molar-refractivity contribution is 0.0303. The molecule has 2 aliphatic rings. The van der Waals surface area contributed by atoms with Gasteiger partial charge in [-0.25, -0.2) is 14.8 Å². The second-order valence-corrected chi connectivity index (χ2v) is 10.7. The van der Waals surface area contributed by atoms with Gasteiger partial charge in [-0.05, 0) is 53.4 Å². The lowest BCUT2D eigenvalue weighted by Gasteiger charge is -2.26. The molecule has 2 aliphatic heterocycles. The Balaban J connectivity index is 1.14. The summed E-state index contributed by atoms with van der Waals surface area (Å²) < 4.78 is 5.37. The van der Waals surface area contributed by atoms with E-state index in [9.17, 15) is 9.59 Å². The fourth-order valence-corrected chi connectivity index (χ4v) is 5.75. The van der Waals surface area contributed by atoms with Crippen LogP contribution >= 0.6 is 0 Å². The predicted octanol–water partition coefficient (Wildman–Crippen LogP) is 5.62. The first-order valence-corrected chi connectivity index (χ1v) is 14.1. The molecule has 7 rings (SSSR count). The van der Waals surface area contributed by atoms with Gasteiger partial charge in [-0.1, -0.05) is 48.5 Å². The van der Waals surface area contributed by atoms with Crippen LogP contribution in [0.5, 0.6) is 0 Å². The van der Waals surface area contributed by atoms with Crippen LogP contribution in [-0.4, -0.2) is 63.0 Å². The minimum Gasteiger partial charge on any atom is -0.378 e. The van der Waals surface area contributed by atoms with Crippen molar-refractivity contribution in [2.75, 3.05) is 31.6 Å². The van der Waals surface area contributed by atoms with Gasteiger partial charge in [-0.15, -0.1) is 0 Å². The van der Waals surface area contributed by atoms with Gasteiger partial charge in [-0.3, -0.25) is 4.79 Å². The van der Waals surface area contributed by atoms with Crippen molar-refractivity contribution in [3.8, 4) is 22.5 Å². The van der Waals surface area contributed by atoms with Crippen molar-refractivity contribution in [3.05, 3.63) is 101 Å². The Hall–Kier alpha value is -5.02. The van der Waals surface area contributed by atoms with E-state index < -0.39 is 0 Å². The number of morpholine rings is 1. The van der Waals surface area contributed by atoms with Gasteiger partial charge < -0.3 is 24.8 Å². The lowest BCUT2D eigenvalue weighted by atomic mass is 10.0. The summed E-state index contributed by atoms with van der Waals surface area (Å²) in [5.41, 5.74) is 8.94. The molecule has 9 nitrogen and oxygen atoms in total. The summed E-state index contributed by atoms with van der Waals surface area (Å²) in [7, 11) is 0. The number of benzene rings is 3. The molecular weight excluding hydrogens is 528 g/mol. The number of nitrogens with one attached hydrogen (secondary N) is 2. The van der Waals surface area contributed by atoms with Gasteiger partial charge in [-0.2, -0.15) is 0 Å². The highest BCUT2D eigenvalue weighted by molar-refractivity contribution is 5.98. The summed E-state index contributed by atoms with van der Waals surface area (Å²) in [6.07, 6.45) is 1.55. The highest BCUT2D eigenvalue weighted by atomic mass is 16.5. The minimum absolute atomic E-state index is 0.0198. The maximum atomic E-state index is 13.2. The number of hydrogen-bond donors (Lipinski definition) is 2. The van der Waals surface area contributed by atoms with Gasteiger partial charge in [0, 0.05) is 54.1 Å². The first-order chi connectivity index (χ1) is 20.5. The van der Waals surface area contributed by atoms with Crippen LogP contribution < -0.4 is 5.32 Å². The SMILES string of the molecule is Cc1c(NC(=O)N2Cc3ccccc3C2)cccc1-c1ncnc2[nH]c(-c3ccc(C(=O)N4CCOCC4)cc3)cc12. The first-order valence-electron chi connectivity index (χ1n) is 14.1. The summed E-state index contributed by atoms with van der Waals surface area (Å²) in [6.45, 7) is 5.56. The molecule has 210 valence electrons. The van der Waals surface area contributed by atoms with Crippen molar-refractivity contribution < 1.29 is 14.3 Å². The van der Waals surface area contributed by atoms with E-state index in [-0.39, 0.29) is 11.9 Å². The smallest absolute Gasteiger partial charge is 0.322 e. The van der Waals surface area contributed by atoms with Gasteiger partial charge in [0.05, 0.1) is 18.9 Å². The molecule has 42 heavy (non-hydrogen) atoms. The van der Waals surface area contributed by atoms with Crippen LogP contribution in [0.15, 0.2) is 79.1 Å². The van der Waals surface area contributed by atoms with Gasteiger partial charge in [0.2, 0.25) is 0 Å². The van der Waals surface area contributed by atoms with E-state index in [2.05, 4.69) is 32.4 Å². The van der Waals surface area contributed by atoms with Crippen LogP contribution in [0.2, 0.25) is 0 Å². The number of fused-ring (bicyclic) bond motifs is 2. The Labute approximate surface area is 243 Å². The number of aromatic nitrogens is 3. The molecule has 0 radical (unpaired) electrons. The standard InChI is InChI=1S/C33H30N6O3/c1-21-26(7-4-8-28(21)37-33(41)39-18-24-5-2-3-6-25(24)19-39)30-27-17-29(36-31(27)35-20-34-30)22-9-11-23(12-10-22)32(40)38-13-15-42-16-14-38/h2-12,17,20H,13-16,18-19H2,1H3,(H,37,41)(H,34,35,36). The molecule has 1 saturated heterocycles. The molecule has 1 fully saturated rings. The third kappa shape index (κ3) is 4.77. The molecule has 2 N–H and O–H groups in total. The molecule has 0 unspecified atom stereocenters. The van der Waals surface area contributed by atoms with Crippen molar-refractivity contribution in [3.63, 3.8) is 0 Å². The van der Waals surface area contributed by atoms with Crippen molar-refractivity contribution in [1.82, 2.24) is 24.8 Å². The number of carbonyl (C=O) groups is 2. The Morgan fingerprint density at radius 1 is 0.881 bits per heavy atom. The topological polar surface area (TPSA) is 103 Å². The normalized spacial score (nSPS) is 14.7. The molecule has 0 spiro atoms. The zero-order valence-electron chi connectivity index (χ0n) is 23.3. The molecule has 0 bridgehead atoms. The quantitative estimate of drug-likeness (QED) is 0.298. The highest BCUT2D eigenvalue weighted by Crippen LogP contribution is 2.34. The van der Waals surface area contributed by atoms with Gasteiger partial charge >= 0.3 is 6.03 Å². The van der Waals surface area contributed by atoms with E-state index in [0.29, 0.717) is 50.6 Å². The number of ether oxygens (including phenoxy) is 1. The van der Waals surface area contributed by atoms with Gasteiger partial charge in [0.1, 0.15) is 12.0 Å². The van der Waals surface area contributed by atoms with E-state index in [0.717, 1.165) is 39.2 Å². The largest absolute Gasteiger partial charge is 0.378 e. The summed E-state index contributed by atoms with van der Waals surface area (Å²) in [5.74, 6) is 0.0198. The maximum absolute atomic E-state index is 13.2. The van der Waals surface area contributed by atoms with E-state index in [4.69, 9.17) is 4.74 Å².